The van der Waals surface area contributed by atoms with Gasteiger partial charge in [-0.1, -0.05) is 12.1 Å². The molecular weight excluding hydrogens is 324 g/mol. The van der Waals surface area contributed by atoms with Gasteiger partial charge < -0.3 is 19.3 Å². The second-order valence-electron chi connectivity index (χ2n) is 6.64. The number of benzene rings is 1. The standard InChI is InChI=1S/C19H18O6/c1-8-4-5-11-14(10(8)3)17-15(16(11)20)12(19(22)25-17)7-23-13-6-9(2)18(21)24-13/h4-7,13,15-17,20H,1-3H3/b12-7+/t13-,15+,16-,17-/m0/s1. The number of aliphatic hydroxyl groups excluding tert-OH is 1. The molecule has 3 aliphatic rings. The second kappa shape index (κ2) is 5.46. The molecule has 0 bridgehead atoms. The van der Waals surface area contributed by atoms with Crippen molar-refractivity contribution in [3.05, 3.63) is 57.9 Å². The normalized spacial score (nSPS) is 31.5. The van der Waals surface area contributed by atoms with Gasteiger partial charge in [-0.15, -0.1) is 0 Å². The molecule has 0 saturated carbocycles. The van der Waals surface area contributed by atoms with Gasteiger partial charge in [-0.05, 0) is 37.5 Å². The Labute approximate surface area is 144 Å². The van der Waals surface area contributed by atoms with Gasteiger partial charge in [0.25, 0.3) is 6.29 Å². The fourth-order valence-corrected chi connectivity index (χ4v) is 3.66. The maximum absolute atomic E-state index is 12.3. The van der Waals surface area contributed by atoms with E-state index >= 15 is 0 Å². The van der Waals surface area contributed by atoms with E-state index in [-0.39, 0.29) is 5.57 Å². The Morgan fingerprint density at radius 2 is 1.88 bits per heavy atom. The van der Waals surface area contributed by atoms with Crippen molar-refractivity contribution in [3.8, 4) is 0 Å². The zero-order chi connectivity index (χ0) is 17.9. The Bertz CT molecular complexity index is 850. The summed E-state index contributed by atoms with van der Waals surface area (Å²) < 4.78 is 15.9. The minimum absolute atomic E-state index is 0.250. The van der Waals surface area contributed by atoms with Crippen LogP contribution in [0.5, 0.6) is 0 Å². The summed E-state index contributed by atoms with van der Waals surface area (Å²) in [6.07, 6.45) is 0.554. The van der Waals surface area contributed by atoms with Crippen LogP contribution in [0.25, 0.3) is 0 Å². The Kier molecular flexibility index (Phi) is 3.47. The number of hydrogen-bond donors (Lipinski definition) is 1. The summed E-state index contributed by atoms with van der Waals surface area (Å²) in [4.78, 5) is 23.6. The molecular formula is C19H18O6. The third kappa shape index (κ3) is 2.28. The highest BCUT2D eigenvalue weighted by atomic mass is 16.7. The maximum Gasteiger partial charge on any atom is 0.338 e. The van der Waals surface area contributed by atoms with Crippen molar-refractivity contribution in [2.45, 2.75) is 39.3 Å². The molecule has 0 aromatic heterocycles. The van der Waals surface area contributed by atoms with Gasteiger partial charge >= 0.3 is 11.9 Å². The fourth-order valence-electron chi connectivity index (χ4n) is 3.66. The van der Waals surface area contributed by atoms with Crippen molar-refractivity contribution in [3.63, 3.8) is 0 Å². The van der Waals surface area contributed by atoms with Crippen LogP contribution in [0.3, 0.4) is 0 Å². The van der Waals surface area contributed by atoms with Gasteiger partial charge in [0.05, 0.1) is 23.9 Å². The molecule has 0 spiro atoms. The quantitative estimate of drug-likeness (QED) is 0.504. The van der Waals surface area contributed by atoms with Crippen LogP contribution in [-0.4, -0.2) is 23.3 Å². The summed E-state index contributed by atoms with van der Waals surface area (Å²) in [5.41, 5.74) is 4.45. The van der Waals surface area contributed by atoms with E-state index in [0.29, 0.717) is 5.57 Å². The molecule has 4 rings (SSSR count). The lowest BCUT2D eigenvalue weighted by atomic mass is 9.95. The lowest BCUT2D eigenvalue weighted by molar-refractivity contribution is -0.152. The molecule has 6 heteroatoms. The largest absolute Gasteiger partial charge is 0.458 e. The molecule has 1 aromatic carbocycles. The van der Waals surface area contributed by atoms with Gasteiger partial charge in [0.1, 0.15) is 6.10 Å². The van der Waals surface area contributed by atoms with Crippen LogP contribution < -0.4 is 0 Å². The van der Waals surface area contributed by atoms with E-state index in [9.17, 15) is 14.7 Å². The molecule has 130 valence electrons. The zero-order valence-electron chi connectivity index (χ0n) is 14.1. The second-order valence-corrected chi connectivity index (χ2v) is 6.64. The summed E-state index contributed by atoms with van der Waals surface area (Å²) in [6.45, 7) is 5.57. The average Bonchev–Trinajstić information content (AvgIpc) is 3.15. The minimum Gasteiger partial charge on any atom is -0.458 e. The summed E-state index contributed by atoms with van der Waals surface area (Å²) in [5.74, 6) is -1.49. The lowest BCUT2D eigenvalue weighted by Crippen LogP contribution is -2.14. The van der Waals surface area contributed by atoms with Gasteiger partial charge in [0.15, 0.2) is 0 Å². The number of aliphatic hydroxyl groups is 1. The first-order valence-electron chi connectivity index (χ1n) is 8.12. The van der Waals surface area contributed by atoms with E-state index in [0.717, 1.165) is 22.3 Å². The van der Waals surface area contributed by atoms with Crippen LogP contribution in [0, 0.1) is 19.8 Å². The van der Waals surface area contributed by atoms with Crippen LogP contribution in [-0.2, 0) is 23.8 Å². The van der Waals surface area contributed by atoms with Crippen molar-refractivity contribution in [1.29, 1.82) is 0 Å². The number of fused-ring (bicyclic) bond motifs is 3. The first-order valence-corrected chi connectivity index (χ1v) is 8.12. The first-order chi connectivity index (χ1) is 11.9. The van der Waals surface area contributed by atoms with Crippen LogP contribution in [0.2, 0.25) is 0 Å². The molecule has 1 saturated heterocycles. The number of esters is 2. The lowest BCUT2D eigenvalue weighted by Gasteiger charge is -2.13. The van der Waals surface area contributed by atoms with E-state index in [1.54, 1.807) is 6.92 Å². The van der Waals surface area contributed by atoms with Gasteiger partial charge in [-0.2, -0.15) is 0 Å². The Morgan fingerprint density at radius 3 is 2.56 bits per heavy atom. The Hall–Kier alpha value is -2.60. The third-order valence-corrected chi connectivity index (χ3v) is 5.18. The van der Waals surface area contributed by atoms with E-state index in [1.165, 1.54) is 12.3 Å². The van der Waals surface area contributed by atoms with Crippen molar-refractivity contribution < 1.29 is 28.9 Å². The summed E-state index contributed by atoms with van der Waals surface area (Å²) in [7, 11) is 0. The molecule has 0 unspecified atom stereocenters. The van der Waals surface area contributed by atoms with Crippen molar-refractivity contribution >= 4 is 11.9 Å². The summed E-state index contributed by atoms with van der Waals surface area (Å²) >= 11 is 0. The van der Waals surface area contributed by atoms with E-state index < -0.39 is 36.4 Å². The predicted octanol–water partition coefficient (Wildman–Crippen LogP) is 2.29. The highest BCUT2D eigenvalue weighted by Crippen LogP contribution is 2.54. The third-order valence-electron chi connectivity index (χ3n) is 5.18. The predicted molar refractivity (Wildman–Crippen MR) is 86.0 cm³/mol. The van der Waals surface area contributed by atoms with E-state index in [1.807, 2.05) is 26.0 Å². The van der Waals surface area contributed by atoms with Gasteiger partial charge in [0, 0.05) is 17.2 Å². The average molecular weight is 342 g/mol. The van der Waals surface area contributed by atoms with Crippen LogP contribution in [0.1, 0.15) is 41.4 Å². The monoisotopic (exact) mass is 342 g/mol. The summed E-state index contributed by atoms with van der Waals surface area (Å²) in [5, 5.41) is 10.7. The van der Waals surface area contributed by atoms with Gasteiger partial charge in [-0.3, -0.25) is 0 Å². The molecule has 2 aliphatic heterocycles. The van der Waals surface area contributed by atoms with Crippen molar-refractivity contribution in [2.75, 3.05) is 0 Å². The first kappa shape index (κ1) is 15.9. The van der Waals surface area contributed by atoms with Crippen LogP contribution in [0.15, 0.2) is 35.6 Å². The molecule has 2 heterocycles. The number of aryl methyl sites for hydroxylation is 1. The molecule has 0 radical (unpaired) electrons. The molecule has 25 heavy (non-hydrogen) atoms. The SMILES string of the molecule is CC1=C[C@@H](O/C=C2/C(=O)O[C@H]3c4c(ccc(C)c4C)[C@H](O)[C@@H]23)OC1=O. The molecule has 6 nitrogen and oxygen atoms in total. The molecule has 0 amide bonds. The molecule has 1 aromatic rings. The summed E-state index contributed by atoms with van der Waals surface area (Å²) in [6, 6.07) is 3.82. The number of cyclic esters (lactones) is 1. The smallest absolute Gasteiger partial charge is 0.338 e. The minimum atomic E-state index is -0.864. The highest BCUT2D eigenvalue weighted by Gasteiger charge is 2.52. The Morgan fingerprint density at radius 1 is 1.12 bits per heavy atom. The molecule has 1 N–H and O–H groups in total. The fraction of sp³-hybridized carbons (Fsp3) is 0.368. The number of hydrogen-bond acceptors (Lipinski definition) is 6. The Balaban J connectivity index is 1.65. The molecule has 4 atom stereocenters. The zero-order valence-corrected chi connectivity index (χ0v) is 14.1. The topological polar surface area (TPSA) is 82.1 Å². The van der Waals surface area contributed by atoms with Crippen molar-refractivity contribution in [1.82, 2.24) is 0 Å². The molecule has 1 aliphatic carbocycles. The van der Waals surface area contributed by atoms with Gasteiger partial charge in [0.2, 0.25) is 0 Å². The van der Waals surface area contributed by atoms with Gasteiger partial charge in [-0.25, -0.2) is 9.59 Å². The van der Waals surface area contributed by atoms with Crippen LogP contribution in [0.4, 0.5) is 0 Å². The number of carbonyl (C=O) groups excluding carboxylic acids is 2. The van der Waals surface area contributed by atoms with Crippen molar-refractivity contribution in [2.24, 2.45) is 5.92 Å². The van der Waals surface area contributed by atoms with E-state index in [2.05, 4.69) is 0 Å². The number of ether oxygens (including phenoxy) is 3. The number of carbonyl (C=O) groups is 2. The van der Waals surface area contributed by atoms with Crippen LogP contribution >= 0.6 is 0 Å². The van der Waals surface area contributed by atoms with E-state index in [4.69, 9.17) is 14.2 Å². The maximum atomic E-state index is 12.3. The molecule has 1 fully saturated rings. The number of rotatable bonds is 2. The highest BCUT2D eigenvalue weighted by molar-refractivity contribution is 5.92.